The lowest BCUT2D eigenvalue weighted by Gasteiger charge is -1.91. The SMILES string of the molecule is O=c1[nH]ccc(S)c1O. The van der Waals surface area contributed by atoms with Gasteiger partial charge < -0.3 is 10.1 Å². The molecule has 0 bridgehead atoms. The first kappa shape index (κ1) is 6.22. The van der Waals surface area contributed by atoms with Crippen LogP contribution in [0.2, 0.25) is 0 Å². The summed E-state index contributed by atoms with van der Waals surface area (Å²) in [5, 5.41) is 8.79. The zero-order valence-electron chi connectivity index (χ0n) is 4.46. The molecule has 0 saturated carbocycles. The van der Waals surface area contributed by atoms with Gasteiger partial charge in [0, 0.05) is 6.20 Å². The number of aromatic nitrogens is 1. The topological polar surface area (TPSA) is 53.1 Å². The fraction of sp³-hybridized carbons (Fsp3) is 0. The van der Waals surface area contributed by atoms with E-state index in [4.69, 9.17) is 5.11 Å². The molecule has 3 nitrogen and oxygen atoms in total. The van der Waals surface area contributed by atoms with Crippen LogP contribution in [0.4, 0.5) is 0 Å². The van der Waals surface area contributed by atoms with Gasteiger partial charge in [0.1, 0.15) is 0 Å². The van der Waals surface area contributed by atoms with Gasteiger partial charge >= 0.3 is 0 Å². The Kier molecular flexibility index (Phi) is 1.48. The third kappa shape index (κ3) is 1.08. The molecule has 0 aliphatic heterocycles. The zero-order valence-corrected chi connectivity index (χ0v) is 5.35. The normalized spacial score (nSPS) is 9.44. The molecule has 2 N–H and O–H groups in total. The Morgan fingerprint density at radius 3 is 2.78 bits per heavy atom. The van der Waals surface area contributed by atoms with Crippen LogP contribution < -0.4 is 5.56 Å². The first-order valence-electron chi connectivity index (χ1n) is 2.31. The summed E-state index contributed by atoms with van der Waals surface area (Å²) in [6.07, 6.45) is 1.42. The van der Waals surface area contributed by atoms with Crippen molar-refractivity contribution in [2.45, 2.75) is 4.90 Å². The van der Waals surface area contributed by atoms with E-state index in [9.17, 15) is 4.79 Å². The summed E-state index contributed by atoms with van der Waals surface area (Å²) in [6.45, 7) is 0. The van der Waals surface area contributed by atoms with Crippen molar-refractivity contribution in [1.29, 1.82) is 0 Å². The van der Waals surface area contributed by atoms with Gasteiger partial charge in [-0.1, -0.05) is 0 Å². The van der Waals surface area contributed by atoms with Gasteiger partial charge in [0.05, 0.1) is 4.90 Å². The first-order valence-corrected chi connectivity index (χ1v) is 2.76. The lowest BCUT2D eigenvalue weighted by molar-refractivity contribution is 0.453. The highest BCUT2D eigenvalue weighted by Crippen LogP contribution is 2.12. The maximum atomic E-state index is 10.5. The number of aromatic hydroxyl groups is 1. The maximum Gasteiger partial charge on any atom is 0.291 e. The summed E-state index contributed by atoms with van der Waals surface area (Å²) in [4.78, 5) is 13.1. The van der Waals surface area contributed by atoms with E-state index in [-0.39, 0.29) is 5.75 Å². The van der Waals surface area contributed by atoms with E-state index < -0.39 is 5.56 Å². The van der Waals surface area contributed by atoms with Gasteiger partial charge in [-0.25, -0.2) is 0 Å². The molecule has 1 heterocycles. The highest BCUT2D eigenvalue weighted by Gasteiger charge is 1.97. The Labute approximate surface area is 56.8 Å². The predicted molar refractivity (Wildman–Crippen MR) is 36.0 cm³/mol. The fourth-order valence-electron chi connectivity index (χ4n) is 0.460. The Morgan fingerprint density at radius 2 is 2.33 bits per heavy atom. The minimum absolute atomic E-state index is 0.291. The van der Waals surface area contributed by atoms with Crippen LogP contribution in [-0.2, 0) is 0 Å². The van der Waals surface area contributed by atoms with E-state index in [2.05, 4.69) is 17.6 Å². The number of rotatable bonds is 0. The average molecular weight is 143 g/mol. The monoisotopic (exact) mass is 143 g/mol. The van der Waals surface area contributed by atoms with E-state index >= 15 is 0 Å². The van der Waals surface area contributed by atoms with Gasteiger partial charge in [0.25, 0.3) is 5.56 Å². The molecule has 0 amide bonds. The van der Waals surface area contributed by atoms with Crippen LogP contribution in [0.15, 0.2) is 22.0 Å². The van der Waals surface area contributed by atoms with Gasteiger partial charge in [-0.15, -0.1) is 12.6 Å². The van der Waals surface area contributed by atoms with Crippen molar-refractivity contribution in [2.75, 3.05) is 0 Å². The Morgan fingerprint density at radius 1 is 1.67 bits per heavy atom. The molecule has 0 saturated heterocycles. The summed E-state index contributed by atoms with van der Waals surface area (Å²) in [7, 11) is 0. The van der Waals surface area contributed by atoms with Crippen molar-refractivity contribution in [2.24, 2.45) is 0 Å². The molecule has 1 rings (SSSR count). The minimum Gasteiger partial charge on any atom is -0.502 e. The number of thiol groups is 1. The molecule has 1 aromatic heterocycles. The van der Waals surface area contributed by atoms with Crippen LogP contribution in [-0.4, -0.2) is 10.1 Å². The molecular weight excluding hydrogens is 138 g/mol. The molecule has 0 radical (unpaired) electrons. The Bertz CT molecular complexity index is 268. The molecule has 48 valence electrons. The lowest BCUT2D eigenvalue weighted by Crippen LogP contribution is -2.02. The number of pyridine rings is 1. The van der Waals surface area contributed by atoms with Crippen molar-refractivity contribution in [1.82, 2.24) is 4.98 Å². The third-order valence-electron chi connectivity index (χ3n) is 0.913. The Hall–Kier alpha value is -0.900. The predicted octanol–water partition coefficient (Wildman–Crippen LogP) is 0.369. The van der Waals surface area contributed by atoms with Crippen LogP contribution in [0.3, 0.4) is 0 Å². The van der Waals surface area contributed by atoms with Crippen molar-refractivity contribution in [3.63, 3.8) is 0 Å². The van der Waals surface area contributed by atoms with Crippen molar-refractivity contribution >= 4 is 12.6 Å². The van der Waals surface area contributed by atoms with Gasteiger partial charge in [-0.2, -0.15) is 0 Å². The fourth-order valence-corrected chi connectivity index (χ4v) is 0.636. The van der Waals surface area contributed by atoms with E-state index in [1.165, 1.54) is 12.3 Å². The number of nitrogens with one attached hydrogen (secondary N) is 1. The molecule has 0 spiro atoms. The van der Waals surface area contributed by atoms with E-state index in [1.54, 1.807) is 0 Å². The molecule has 9 heavy (non-hydrogen) atoms. The molecule has 4 heteroatoms. The van der Waals surface area contributed by atoms with Crippen LogP contribution >= 0.6 is 12.6 Å². The largest absolute Gasteiger partial charge is 0.502 e. The van der Waals surface area contributed by atoms with Gasteiger partial charge in [-0.05, 0) is 6.07 Å². The van der Waals surface area contributed by atoms with Crippen molar-refractivity contribution < 1.29 is 5.11 Å². The average Bonchev–Trinajstić information content (AvgIpc) is 1.83. The number of aromatic amines is 1. The minimum atomic E-state index is -0.512. The van der Waals surface area contributed by atoms with E-state index in [1.807, 2.05) is 0 Å². The molecule has 0 aromatic carbocycles. The van der Waals surface area contributed by atoms with E-state index in [0.29, 0.717) is 4.90 Å². The summed E-state index contributed by atoms with van der Waals surface area (Å²) in [5.41, 5.74) is -0.512. The molecule has 0 fully saturated rings. The molecule has 1 aromatic rings. The highest BCUT2D eigenvalue weighted by atomic mass is 32.1. The van der Waals surface area contributed by atoms with Crippen molar-refractivity contribution in [3.8, 4) is 5.75 Å². The second kappa shape index (κ2) is 2.14. The summed E-state index contributed by atoms with van der Waals surface area (Å²) < 4.78 is 0. The second-order valence-electron chi connectivity index (χ2n) is 1.54. The van der Waals surface area contributed by atoms with Gasteiger partial charge in [0.2, 0.25) is 0 Å². The molecule has 0 aliphatic rings. The molecule has 0 atom stereocenters. The van der Waals surface area contributed by atoms with Crippen LogP contribution in [0.25, 0.3) is 0 Å². The molecule has 0 unspecified atom stereocenters. The number of H-pyrrole nitrogens is 1. The standard InChI is InChI=1S/C5H5NO2S/c7-4-3(9)1-2-6-5(4)8/h1-2,7H,(H2,6,8,9). The summed E-state index contributed by atoms with van der Waals surface area (Å²) in [6, 6.07) is 1.50. The van der Waals surface area contributed by atoms with Gasteiger partial charge in [-0.3, -0.25) is 4.79 Å². The number of hydrogen-bond acceptors (Lipinski definition) is 3. The maximum absolute atomic E-state index is 10.5. The lowest BCUT2D eigenvalue weighted by atomic mass is 10.4. The highest BCUT2D eigenvalue weighted by molar-refractivity contribution is 7.80. The quantitative estimate of drug-likeness (QED) is 0.459. The summed E-state index contributed by atoms with van der Waals surface area (Å²) in [5.74, 6) is -0.333. The van der Waals surface area contributed by atoms with E-state index in [0.717, 1.165) is 0 Å². The number of hydrogen-bond donors (Lipinski definition) is 3. The smallest absolute Gasteiger partial charge is 0.291 e. The third-order valence-corrected chi connectivity index (χ3v) is 1.27. The molecular formula is C5H5NO2S. The van der Waals surface area contributed by atoms with Crippen molar-refractivity contribution in [3.05, 3.63) is 22.6 Å². The second-order valence-corrected chi connectivity index (χ2v) is 2.02. The zero-order chi connectivity index (χ0) is 6.85. The summed E-state index contributed by atoms with van der Waals surface area (Å²) >= 11 is 3.80. The van der Waals surface area contributed by atoms with Crippen LogP contribution in [0.1, 0.15) is 0 Å². The van der Waals surface area contributed by atoms with Crippen LogP contribution in [0, 0.1) is 0 Å². The van der Waals surface area contributed by atoms with Crippen LogP contribution in [0.5, 0.6) is 5.75 Å². The Balaban J connectivity index is 3.43. The molecule has 0 aliphatic carbocycles. The van der Waals surface area contributed by atoms with Gasteiger partial charge in [0.15, 0.2) is 5.75 Å². The first-order chi connectivity index (χ1) is 4.22.